The van der Waals surface area contributed by atoms with Gasteiger partial charge in [-0.3, -0.25) is 4.79 Å². The maximum atomic E-state index is 13.1. The zero-order valence-electron chi connectivity index (χ0n) is 10.3. The van der Waals surface area contributed by atoms with Crippen LogP contribution >= 0.6 is 0 Å². The zero-order valence-corrected chi connectivity index (χ0v) is 10.3. The lowest BCUT2D eigenvalue weighted by atomic mass is 9.97. The number of carbonyl (C=O) groups is 2. The van der Waals surface area contributed by atoms with Crippen LogP contribution in [0.3, 0.4) is 0 Å². The van der Waals surface area contributed by atoms with Gasteiger partial charge in [-0.2, -0.15) is 8.78 Å². The average Bonchev–Trinajstić information content (AvgIpc) is 2.33. The van der Waals surface area contributed by atoms with E-state index in [0.717, 1.165) is 5.56 Å². The maximum Gasteiger partial charge on any atom is 0.374 e. The van der Waals surface area contributed by atoms with Crippen molar-refractivity contribution in [2.45, 2.75) is 25.2 Å². The molecule has 4 nitrogen and oxygen atoms in total. The number of nitrogens with zero attached hydrogens (tertiary/aromatic N) is 1. The largest absolute Gasteiger partial charge is 0.477 e. The van der Waals surface area contributed by atoms with E-state index in [1.807, 2.05) is 0 Å². The lowest BCUT2D eigenvalue weighted by molar-refractivity contribution is -0.164. The van der Waals surface area contributed by atoms with Gasteiger partial charge in [0.2, 0.25) is 5.91 Å². The van der Waals surface area contributed by atoms with Crippen LogP contribution in [0.15, 0.2) is 18.2 Å². The van der Waals surface area contributed by atoms with Gasteiger partial charge in [0, 0.05) is 25.6 Å². The standard InChI is InChI=1S/C13H13F2NO3/c1-16-10-4-2-8(7-13(14,15)12(18)19)6-9(10)3-5-11(16)17/h2,4,6H,3,5,7H2,1H3,(H,18,19). The van der Waals surface area contributed by atoms with Crippen molar-refractivity contribution >= 4 is 17.6 Å². The number of hydrogen-bond acceptors (Lipinski definition) is 2. The maximum absolute atomic E-state index is 13.1. The minimum absolute atomic E-state index is 0.0175. The lowest BCUT2D eigenvalue weighted by Crippen LogP contribution is -2.32. The van der Waals surface area contributed by atoms with Gasteiger partial charge >= 0.3 is 11.9 Å². The number of alkyl halides is 2. The Balaban J connectivity index is 2.28. The van der Waals surface area contributed by atoms with Gasteiger partial charge in [-0.1, -0.05) is 12.1 Å². The molecule has 0 unspecified atom stereocenters. The highest BCUT2D eigenvalue weighted by Gasteiger charge is 2.39. The molecule has 102 valence electrons. The highest BCUT2D eigenvalue weighted by Crippen LogP contribution is 2.29. The van der Waals surface area contributed by atoms with Crippen molar-refractivity contribution in [3.05, 3.63) is 29.3 Å². The van der Waals surface area contributed by atoms with E-state index in [9.17, 15) is 18.4 Å². The Morgan fingerprint density at radius 2 is 2.11 bits per heavy atom. The van der Waals surface area contributed by atoms with Crippen molar-refractivity contribution in [1.82, 2.24) is 0 Å². The molecule has 0 radical (unpaired) electrons. The van der Waals surface area contributed by atoms with E-state index in [0.29, 0.717) is 18.5 Å². The molecule has 0 aliphatic carbocycles. The average molecular weight is 269 g/mol. The number of halogens is 2. The van der Waals surface area contributed by atoms with Crippen molar-refractivity contribution in [2.75, 3.05) is 11.9 Å². The minimum atomic E-state index is -3.77. The quantitative estimate of drug-likeness (QED) is 0.911. The number of amides is 1. The predicted octanol–water partition coefficient (Wildman–Crippen LogP) is 1.86. The van der Waals surface area contributed by atoms with E-state index in [1.165, 1.54) is 11.0 Å². The van der Waals surface area contributed by atoms with E-state index >= 15 is 0 Å². The Morgan fingerprint density at radius 1 is 1.42 bits per heavy atom. The Morgan fingerprint density at radius 3 is 2.74 bits per heavy atom. The molecule has 0 spiro atoms. The normalized spacial score (nSPS) is 15.3. The topological polar surface area (TPSA) is 57.6 Å². The van der Waals surface area contributed by atoms with E-state index in [4.69, 9.17) is 5.11 Å². The first-order valence-electron chi connectivity index (χ1n) is 5.81. The molecule has 0 bridgehead atoms. The van der Waals surface area contributed by atoms with Crippen LogP contribution in [0.5, 0.6) is 0 Å². The Kier molecular flexibility index (Phi) is 3.26. The number of rotatable bonds is 3. The first-order chi connectivity index (χ1) is 8.81. The molecule has 1 N–H and O–H groups in total. The Labute approximate surface area is 108 Å². The van der Waals surface area contributed by atoms with Gasteiger partial charge in [0.15, 0.2) is 0 Å². The second-order valence-electron chi connectivity index (χ2n) is 4.60. The van der Waals surface area contributed by atoms with Gasteiger partial charge in [0.05, 0.1) is 0 Å². The fourth-order valence-corrected chi connectivity index (χ4v) is 2.15. The third-order valence-corrected chi connectivity index (χ3v) is 3.23. The molecule has 1 aromatic rings. The van der Waals surface area contributed by atoms with E-state index in [2.05, 4.69) is 0 Å². The third kappa shape index (κ3) is 2.57. The van der Waals surface area contributed by atoms with Crippen molar-refractivity contribution in [3.8, 4) is 0 Å². The summed E-state index contributed by atoms with van der Waals surface area (Å²) in [6.07, 6.45) is -0.0134. The molecule has 1 aliphatic rings. The summed E-state index contributed by atoms with van der Waals surface area (Å²) in [5.41, 5.74) is 1.74. The summed E-state index contributed by atoms with van der Waals surface area (Å²) in [5, 5.41) is 8.41. The summed E-state index contributed by atoms with van der Waals surface area (Å²) in [5.74, 6) is -5.92. The molecular weight excluding hydrogens is 256 g/mol. The van der Waals surface area contributed by atoms with Crippen molar-refractivity contribution in [1.29, 1.82) is 0 Å². The first kappa shape index (κ1) is 13.5. The molecule has 1 aromatic carbocycles. The highest BCUT2D eigenvalue weighted by molar-refractivity contribution is 5.95. The minimum Gasteiger partial charge on any atom is -0.477 e. The number of fused-ring (bicyclic) bond motifs is 1. The number of aryl methyl sites for hydroxylation is 1. The number of anilines is 1. The van der Waals surface area contributed by atoms with Gasteiger partial charge in [-0.05, 0) is 23.6 Å². The van der Waals surface area contributed by atoms with Crippen molar-refractivity contribution < 1.29 is 23.5 Å². The monoisotopic (exact) mass is 269 g/mol. The molecule has 19 heavy (non-hydrogen) atoms. The first-order valence-corrected chi connectivity index (χ1v) is 5.81. The van der Waals surface area contributed by atoms with Gasteiger partial charge in [-0.15, -0.1) is 0 Å². The molecule has 0 atom stereocenters. The fraction of sp³-hybridized carbons (Fsp3) is 0.385. The molecule has 1 heterocycles. The number of hydrogen-bond donors (Lipinski definition) is 1. The summed E-state index contributed by atoms with van der Waals surface area (Å²) < 4.78 is 26.3. The molecule has 0 saturated heterocycles. The fourth-order valence-electron chi connectivity index (χ4n) is 2.15. The summed E-state index contributed by atoms with van der Waals surface area (Å²) in [6, 6.07) is 4.57. The SMILES string of the molecule is CN1C(=O)CCc2cc(CC(F)(F)C(=O)O)ccc21. The van der Waals surface area contributed by atoms with Crippen LogP contribution in [0.2, 0.25) is 0 Å². The van der Waals surface area contributed by atoms with Crippen LogP contribution < -0.4 is 4.90 Å². The van der Waals surface area contributed by atoms with Gasteiger partial charge in [-0.25, -0.2) is 4.79 Å². The van der Waals surface area contributed by atoms with E-state index in [-0.39, 0.29) is 11.5 Å². The predicted molar refractivity (Wildman–Crippen MR) is 64.5 cm³/mol. The van der Waals surface area contributed by atoms with Gasteiger partial charge in [0.25, 0.3) is 0 Å². The number of carboxylic acids is 1. The Bertz CT molecular complexity index is 543. The second kappa shape index (κ2) is 4.60. The zero-order chi connectivity index (χ0) is 14.2. The summed E-state index contributed by atoms with van der Waals surface area (Å²) in [7, 11) is 1.63. The molecular formula is C13H13F2NO3. The highest BCUT2D eigenvalue weighted by atomic mass is 19.3. The van der Waals surface area contributed by atoms with Gasteiger partial charge < -0.3 is 10.0 Å². The number of carboxylic acid groups (broad SMARTS) is 1. The summed E-state index contributed by atoms with van der Waals surface area (Å²) in [6.45, 7) is 0. The third-order valence-electron chi connectivity index (χ3n) is 3.23. The second-order valence-corrected chi connectivity index (χ2v) is 4.60. The van der Waals surface area contributed by atoms with Crippen molar-refractivity contribution in [2.24, 2.45) is 0 Å². The summed E-state index contributed by atoms with van der Waals surface area (Å²) in [4.78, 5) is 23.4. The van der Waals surface area contributed by atoms with Crippen LogP contribution in [-0.2, 0) is 22.4 Å². The molecule has 0 saturated carbocycles. The molecule has 0 fully saturated rings. The number of benzene rings is 1. The van der Waals surface area contributed by atoms with Crippen LogP contribution in [0, 0.1) is 0 Å². The number of carbonyl (C=O) groups excluding carboxylic acids is 1. The van der Waals surface area contributed by atoms with E-state index in [1.54, 1.807) is 19.2 Å². The molecule has 0 aromatic heterocycles. The molecule has 1 aliphatic heterocycles. The Hall–Kier alpha value is -1.98. The van der Waals surface area contributed by atoms with Gasteiger partial charge in [0.1, 0.15) is 0 Å². The molecule has 2 rings (SSSR count). The lowest BCUT2D eigenvalue weighted by Gasteiger charge is -2.26. The van der Waals surface area contributed by atoms with Crippen LogP contribution in [0.25, 0.3) is 0 Å². The number of aliphatic carboxylic acids is 1. The summed E-state index contributed by atoms with van der Waals surface area (Å²) >= 11 is 0. The molecule has 1 amide bonds. The van der Waals surface area contributed by atoms with E-state index < -0.39 is 18.3 Å². The smallest absolute Gasteiger partial charge is 0.374 e. The molecule has 6 heteroatoms. The van der Waals surface area contributed by atoms with Crippen LogP contribution in [0.4, 0.5) is 14.5 Å². The van der Waals surface area contributed by atoms with Crippen molar-refractivity contribution in [3.63, 3.8) is 0 Å². The van der Waals surface area contributed by atoms with Crippen LogP contribution in [-0.4, -0.2) is 30.0 Å². The van der Waals surface area contributed by atoms with Crippen LogP contribution in [0.1, 0.15) is 17.5 Å².